The van der Waals surface area contributed by atoms with Gasteiger partial charge in [0, 0.05) is 12.1 Å². The molecule has 0 aliphatic carbocycles. The fraction of sp³-hybridized carbons (Fsp3) is 0.148. The van der Waals surface area contributed by atoms with Crippen LogP contribution in [0.4, 0.5) is 5.69 Å². The van der Waals surface area contributed by atoms with Crippen LogP contribution >= 0.6 is 0 Å². The lowest BCUT2D eigenvalue weighted by Crippen LogP contribution is -2.29. The zero-order chi connectivity index (χ0) is 23.4. The van der Waals surface area contributed by atoms with Gasteiger partial charge in [0.05, 0.1) is 18.5 Å². The van der Waals surface area contributed by atoms with E-state index in [1.807, 2.05) is 73.7 Å². The molecule has 5 nitrogen and oxygen atoms in total. The van der Waals surface area contributed by atoms with Gasteiger partial charge in [0.1, 0.15) is 0 Å². The lowest BCUT2D eigenvalue weighted by molar-refractivity contribution is 0.0951. The van der Waals surface area contributed by atoms with Gasteiger partial charge in [-0.05, 0) is 58.7 Å². The lowest BCUT2D eigenvalue weighted by Gasteiger charge is -2.23. The molecule has 0 aliphatic heterocycles. The quantitative estimate of drug-likeness (QED) is 0.422. The molecule has 0 saturated carbocycles. The fourth-order valence-electron chi connectivity index (χ4n) is 3.85. The zero-order valence-corrected chi connectivity index (χ0v) is 19.5. The summed E-state index contributed by atoms with van der Waals surface area (Å²) < 4.78 is 26.3. The summed E-state index contributed by atoms with van der Waals surface area (Å²) in [6.07, 6.45) is 1.19. The monoisotopic (exact) mass is 458 g/mol. The van der Waals surface area contributed by atoms with E-state index in [0.717, 1.165) is 27.5 Å². The highest BCUT2D eigenvalue weighted by Gasteiger charge is 2.19. The first-order chi connectivity index (χ1) is 15.8. The molecule has 6 heteroatoms. The number of hydrogen-bond donors (Lipinski definition) is 1. The first kappa shape index (κ1) is 22.6. The number of rotatable bonds is 7. The average molecular weight is 459 g/mol. The zero-order valence-electron chi connectivity index (χ0n) is 18.7. The van der Waals surface area contributed by atoms with Gasteiger partial charge >= 0.3 is 0 Å². The van der Waals surface area contributed by atoms with Gasteiger partial charge < -0.3 is 5.32 Å². The summed E-state index contributed by atoms with van der Waals surface area (Å²) >= 11 is 0. The Morgan fingerprint density at radius 1 is 0.818 bits per heavy atom. The number of anilines is 1. The van der Waals surface area contributed by atoms with Crippen molar-refractivity contribution in [2.45, 2.75) is 20.0 Å². The van der Waals surface area contributed by atoms with Crippen LogP contribution in [0, 0.1) is 6.92 Å². The Hall–Kier alpha value is -3.64. The van der Waals surface area contributed by atoms with E-state index in [4.69, 9.17) is 0 Å². The molecule has 0 bridgehead atoms. The molecule has 0 aliphatic rings. The Kier molecular flexibility index (Phi) is 6.47. The van der Waals surface area contributed by atoms with Gasteiger partial charge in [-0.1, -0.05) is 66.7 Å². The normalized spacial score (nSPS) is 11.3. The van der Waals surface area contributed by atoms with Crippen LogP contribution in [-0.4, -0.2) is 20.6 Å². The van der Waals surface area contributed by atoms with Crippen molar-refractivity contribution in [3.8, 4) is 0 Å². The largest absolute Gasteiger partial charge is 0.348 e. The van der Waals surface area contributed by atoms with Crippen molar-refractivity contribution in [2.24, 2.45) is 0 Å². The molecule has 4 aromatic carbocycles. The number of hydrogen-bond acceptors (Lipinski definition) is 3. The number of sulfonamides is 1. The maximum absolute atomic E-state index is 12.7. The van der Waals surface area contributed by atoms with E-state index in [2.05, 4.69) is 5.32 Å². The van der Waals surface area contributed by atoms with Crippen molar-refractivity contribution in [3.63, 3.8) is 0 Å². The van der Waals surface area contributed by atoms with Crippen LogP contribution < -0.4 is 9.62 Å². The van der Waals surface area contributed by atoms with E-state index >= 15 is 0 Å². The SMILES string of the molecule is Cc1ccccc1CN(c1ccc(C(=O)NCc2cccc3ccccc23)cc1)S(C)(=O)=O. The van der Waals surface area contributed by atoms with Crippen LogP contribution in [0.5, 0.6) is 0 Å². The molecule has 0 atom stereocenters. The lowest BCUT2D eigenvalue weighted by atomic mass is 10.0. The molecular formula is C27H26N2O3S. The summed E-state index contributed by atoms with van der Waals surface area (Å²) in [5.74, 6) is -0.209. The van der Waals surface area contributed by atoms with Crippen molar-refractivity contribution in [2.75, 3.05) is 10.6 Å². The third-order valence-electron chi connectivity index (χ3n) is 5.71. The maximum atomic E-state index is 12.7. The number of nitrogens with one attached hydrogen (secondary N) is 1. The van der Waals surface area contributed by atoms with Crippen molar-refractivity contribution >= 4 is 32.4 Å². The third-order valence-corrected chi connectivity index (χ3v) is 6.85. The third kappa shape index (κ3) is 5.23. The molecule has 0 fully saturated rings. The van der Waals surface area contributed by atoms with Crippen LogP contribution in [0.3, 0.4) is 0 Å². The molecule has 1 N–H and O–H groups in total. The minimum atomic E-state index is -3.50. The molecule has 0 radical (unpaired) electrons. The van der Waals surface area contributed by atoms with Crippen molar-refractivity contribution < 1.29 is 13.2 Å². The van der Waals surface area contributed by atoms with E-state index in [9.17, 15) is 13.2 Å². The summed E-state index contributed by atoms with van der Waals surface area (Å²) in [7, 11) is -3.50. The van der Waals surface area contributed by atoms with Crippen LogP contribution in [-0.2, 0) is 23.1 Å². The standard InChI is InChI=1S/C27H26N2O3S/c1-20-8-3-4-10-24(20)19-29(33(2,31)32)25-16-14-22(15-17-25)27(30)28-18-23-12-7-11-21-9-5-6-13-26(21)23/h3-17H,18-19H2,1-2H3,(H,28,30). The predicted octanol–water partition coefficient (Wildman–Crippen LogP) is 5.04. The summed E-state index contributed by atoms with van der Waals surface area (Å²) in [6, 6.07) is 28.4. The van der Waals surface area contributed by atoms with E-state index in [1.54, 1.807) is 24.3 Å². The highest BCUT2D eigenvalue weighted by molar-refractivity contribution is 7.92. The van der Waals surface area contributed by atoms with Crippen LogP contribution in [0.25, 0.3) is 10.8 Å². The first-order valence-electron chi connectivity index (χ1n) is 10.7. The number of amides is 1. The van der Waals surface area contributed by atoms with Crippen LogP contribution in [0.2, 0.25) is 0 Å². The highest BCUT2D eigenvalue weighted by Crippen LogP contribution is 2.23. The van der Waals surface area contributed by atoms with Crippen molar-refractivity contribution in [3.05, 3.63) is 113 Å². The minimum absolute atomic E-state index is 0.209. The molecule has 0 saturated heterocycles. The molecule has 4 aromatic rings. The topological polar surface area (TPSA) is 66.5 Å². The van der Waals surface area contributed by atoms with Crippen molar-refractivity contribution in [1.82, 2.24) is 5.32 Å². The Morgan fingerprint density at radius 3 is 2.18 bits per heavy atom. The molecule has 0 spiro atoms. The molecule has 1 amide bonds. The Morgan fingerprint density at radius 2 is 1.45 bits per heavy atom. The second kappa shape index (κ2) is 9.46. The smallest absolute Gasteiger partial charge is 0.251 e. The summed E-state index contributed by atoms with van der Waals surface area (Å²) in [4.78, 5) is 12.7. The summed E-state index contributed by atoms with van der Waals surface area (Å²) in [5, 5.41) is 5.20. The molecule has 168 valence electrons. The maximum Gasteiger partial charge on any atom is 0.251 e. The second-order valence-corrected chi connectivity index (χ2v) is 9.97. The molecule has 33 heavy (non-hydrogen) atoms. The van der Waals surface area contributed by atoms with Crippen molar-refractivity contribution in [1.29, 1.82) is 0 Å². The van der Waals surface area contributed by atoms with Gasteiger partial charge in [0.2, 0.25) is 10.0 Å². The highest BCUT2D eigenvalue weighted by atomic mass is 32.2. The summed E-state index contributed by atoms with van der Waals surface area (Å²) in [5.41, 5.74) is 3.99. The second-order valence-electron chi connectivity index (χ2n) is 8.06. The van der Waals surface area contributed by atoms with Gasteiger partial charge in [-0.15, -0.1) is 0 Å². The number of carbonyl (C=O) groups excluding carboxylic acids is 1. The molecular weight excluding hydrogens is 432 g/mol. The van der Waals surface area contributed by atoms with Gasteiger partial charge in [0.15, 0.2) is 0 Å². The summed E-state index contributed by atoms with van der Waals surface area (Å²) in [6.45, 7) is 2.60. The van der Waals surface area contributed by atoms with Gasteiger partial charge in [-0.3, -0.25) is 9.10 Å². The van der Waals surface area contributed by atoms with E-state index in [-0.39, 0.29) is 12.5 Å². The van der Waals surface area contributed by atoms with Gasteiger partial charge in [0.25, 0.3) is 5.91 Å². The molecule has 0 heterocycles. The average Bonchev–Trinajstić information content (AvgIpc) is 2.81. The molecule has 0 aromatic heterocycles. The van der Waals surface area contributed by atoms with Gasteiger partial charge in [-0.25, -0.2) is 8.42 Å². The Bertz CT molecular complexity index is 1390. The first-order valence-corrected chi connectivity index (χ1v) is 12.5. The van der Waals surface area contributed by atoms with E-state index < -0.39 is 10.0 Å². The number of nitrogens with zero attached hydrogens (tertiary/aromatic N) is 1. The Labute approximate surface area is 194 Å². The number of fused-ring (bicyclic) bond motifs is 1. The van der Waals surface area contributed by atoms with Gasteiger partial charge in [-0.2, -0.15) is 0 Å². The molecule has 0 unspecified atom stereocenters. The molecule has 4 rings (SSSR count). The fourth-order valence-corrected chi connectivity index (χ4v) is 4.72. The minimum Gasteiger partial charge on any atom is -0.348 e. The van der Waals surface area contributed by atoms with Crippen LogP contribution in [0.1, 0.15) is 27.0 Å². The Balaban J connectivity index is 1.50. The van der Waals surface area contributed by atoms with Crippen LogP contribution in [0.15, 0.2) is 91.0 Å². The predicted molar refractivity (Wildman–Crippen MR) is 134 cm³/mol. The number of benzene rings is 4. The van der Waals surface area contributed by atoms with E-state index in [0.29, 0.717) is 17.8 Å². The van der Waals surface area contributed by atoms with E-state index in [1.165, 1.54) is 10.6 Å². The number of carbonyl (C=O) groups is 1. The number of aryl methyl sites for hydroxylation is 1.